The van der Waals surface area contributed by atoms with Crippen LogP contribution in [0.15, 0.2) is 12.3 Å². The molecule has 0 unspecified atom stereocenters. The van der Waals surface area contributed by atoms with Crippen molar-refractivity contribution >= 4 is 17.5 Å². The molecule has 1 amide bonds. The van der Waals surface area contributed by atoms with Gasteiger partial charge in [-0.05, 0) is 12.0 Å². The molecule has 1 aromatic heterocycles. The molecule has 0 aliphatic heterocycles. The Morgan fingerprint density at radius 1 is 1.69 bits per heavy atom. The highest BCUT2D eigenvalue weighted by atomic mass is 35.5. The van der Waals surface area contributed by atoms with Gasteiger partial charge in [0.25, 0.3) is 5.91 Å². The number of H-pyrrole nitrogens is 1. The van der Waals surface area contributed by atoms with Crippen molar-refractivity contribution < 1.29 is 4.79 Å². The van der Waals surface area contributed by atoms with E-state index in [2.05, 4.69) is 10.3 Å². The Kier molecular flexibility index (Phi) is 3.37. The summed E-state index contributed by atoms with van der Waals surface area (Å²) >= 11 is 5.66. The first-order chi connectivity index (χ1) is 6.09. The average Bonchev–Trinajstić information content (AvgIpc) is 2.47. The monoisotopic (exact) mass is 200 g/mol. The van der Waals surface area contributed by atoms with Gasteiger partial charge in [0.05, 0.1) is 5.02 Å². The highest BCUT2D eigenvalue weighted by Crippen LogP contribution is 2.08. The molecule has 2 N–H and O–H groups in total. The smallest absolute Gasteiger partial charge is 0.267 e. The molecule has 0 saturated heterocycles. The van der Waals surface area contributed by atoms with E-state index in [1.165, 1.54) is 0 Å². The van der Waals surface area contributed by atoms with E-state index in [0.29, 0.717) is 23.2 Å². The van der Waals surface area contributed by atoms with Crippen LogP contribution in [0.2, 0.25) is 5.02 Å². The summed E-state index contributed by atoms with van der Waals surface area (Å²) in [6.45, 7) is 4.76. The molecule has 1 heterocycles. The first-order valence-corrected chi connectivity index (χ1v) is 4.59. The van der Waals surface area contributed by atoms with Crippen LogP contribution in [0.4, 0.5) is 0 Å². The number of aromatic amines is 1. The second kappa shape index (κ2) is 4.33. The third-order valence-electron chi connectivity index (χ3n) is 1.56. The fourth-order valence-electron chi connectivity index (χ4n) is 0.891. The van der Waals surface area contributed by atoms with E-state index in [1.807, 2.05) is 13.8 Å². The predicted octanol–water partition coefficient (Wildman–Crippen LogP) is 2.05. The highest BCUT2D eigenvalue weighted by Gasteiger charge is 2.07. The standard InChI is InChI=1S/C9H13ClN2O/c1-6(2)4-12-9(13)8-3-7(10)5-11-8/h3,5-6,11H,4H2,1-2H3,(H,12,13). The number of rotatable bonds is 3. The SMILES string of the molecule is CC(C)CNC(=O)c1cc(Cl)c[nH]1. The van der Waals surface area contributed by atoms with Crippen LogP contribution in [0.25, 0.3) is 0 Å². The van der Waals surface area contributed by atoms with E-state index < -0.39 is 0 Å². The molecule has 0 aliphatic carbocycles. The number of aromatic nitrogens is 1. The van der Waals surface area contributed by atoms with Crippen LogP contribution in [0.5, 0.6) is 0 Å². The van der Waals surface area contributed by atoms with Gasteiger partial charge in [0.2, 0.25) is 0 Å². The number of amides is 1. The fourth-order valence-corrected chi connectivity index (χ4v) is 1.05. The molecule has 1 aromatic rings. The van der Waals surface area contributed by atoms with Gasteiger partial charge in [-0.2, -0.15) is 0 Å². The minimum Gasteiger partial charge on any atom is -0.356 e. The highest BCUT2D eigenvalue weighted by molar-refractivity contribution is 6.30. The molecule has 13 heavy (non-hydrogen) atoms. The van der Waals surface area contributed by atoms with Gasteiger partial charge >= 0.3 is 0 Å². The van der Waals surface area contributed by atoms with Crippen molar-refractivity contribution in [3.63, 3.8) is 0 Å². The van der Waals surface area contributed by atoms with Gasteiger partial charge in [-0.25, -0.2) is 0 Å². The van der Waals surface area contributed by atoms with E-state index >= 15 is 0 Å². The van der Waals surface area contributed by atoms with Gasteiger partial charge in [0, 0.05) is 12.7 Å². The lowest BCUT2D eigenvalue weighted by molar-refractivity contribution is 0.0944. The van der Waals surface area contributed by atoms with Crippen molar-refractivity contribution in [1.29, 1.82) is 0 Å². The summed E-state index contributed by atoms with van der Waals surface area (Å²) < 4.78 is 0. The van der Waals surface area contributed by atoms with E-state index in [0.717, 1.165) is 0 Å². The fraction of sp³-hybridized carbons (Fsp3) is 0.444. The molecule has 0 saturated carbocycles. The predicted molar refractivity (Wildman–Crippen MR) is 53.0 cm³/mol. The molecule has 0 aliphatic rings. The Morgan fingerprint density at radius 2 is 2.38 bits per heavy atom. The zero-order valence-electron chi connectivity index (χ0n) is 7.73. The molecular weight excluding hydrogens is 188 g/mol. The van der Waals surface area contributed by atoms with Crippen LogP contribution in [0, 0.1) is 5.92 Å². The molecule has 0 atom stereocenters. The topological polar surface area (TPSA) is 44.9 Å². The Hall–Kier alpha value is -0.960. The Balaban J connectivity index is 2.49. The Labute approximate surface area is 82.5 Å². The number of nitrogens with one attached hydrogen (secondary N) is 2. The summed E-state index contributed by atoms with van der Waals surface area (Å²) in [5.74, 6) is 0.343. The zero-order chi connectivity index (χ0) is 9.84. The lowest BCUT2D eigenvalue weighted by Gasteiger charge is -2.05. The molecule has 4 heteroatoms. The summed E-state index contributed by atoms with van der Waals surface area (Å²) in [7, 11) is 0. The van der Waals surface area contributed by atoms with Crippen molar-refractivity contribution in [1.82, 2.24) is 10.3 Å². The van der Waals surface area contributed by atoms with Gasteiger partial charge in [-0.15, -0.1) is 0 Å². The lowest BCUT2D eigenvalue weighted by Crippen LogP contribution is -2.27. The van der Waals surface area contributed by atoms with Crippen LogP contribution >= 0.6 is 11.6 Å². The summed E-state index contributed by atoms with van der Waals surface area (Å²) in [5, 5.41) is 3.33. The molecule has 0 bridgehead atoms. The normalized spacial score (nSPS) is 10.5. The minimum atomic E-state index is -0.111. The molecule has 1 rings (SSSR count). The van der Waals surface area contributed by atoms with Crippen molar-refractivity contribution in [2.75, 3.05) is 6.54 Å². The second-order valence-corrected chi connectivity index (χ2v) is 3.77. The molecule has 0 fully saturated rings. The van der Waals surface area contributed by atoms with Crippen LogP contribution in [-0.4, -0.2) is 17.4 Å². The summed E-state index contributed by atoms with van der Waals surface area (Å²) in [6, 6.07) is 1.61. The van der Waals surface area contributed by atoms with Crippen molar-refractivity contribution in [2.45, 2.75) is 13.8 Å². The maximum Gasteiger partial charge on any atom is 0.267 e. The van der Waals surface area contributed by atoms with Gasteiger partial charge in [0.15, 0.2) is 0 Å². The van der Waals surface area contributed by atoms with E-state index in [1.54, 1.807) is 12.3 Å². The number of carbonyl (C=O) groups is 1. The Morgan fingerprint density at radius 3 is 2.85 bits per heavy atom. The van der Waals surface area contributed by atoms with Crippen LogP contribution in [-0.2, 0) is 0 Å². The maximum absolute atomic E-state index is 11.4. The molecule has 3 nitrogen and oxygen atoms in total. The quantitative estimate of drug-likeness (QED) is 0.771. The van der Waals surface area contributed by atoms with Crippen LogP contribution in [0.3, 0.4) is 0 Å². The minimum absolute atomic E-state index is 0.111. The van der Waals surface area contributed by atoms with E-state index in [9.17, 15) is 4.79 Å². The third kappa shape index (κ3) is 3.11. The summed E-state index contributed by atoms with van der Waals surface area (Å²) in [4.78, 5) is 14.1. The van der Waals surface area contributed by atoms with Crippen molar-refractivity contribution in [3.05, 3.63) is 23.0 Å². The van der Waals surface area contributed by atoms with Crippen molar-refractivity contribution in [2.24, 2.45) is 5.92 Å². The van der Waals surface area contributed by atoms with Gasteiger partial charge in [-0.1, -0.05) is 25.4 Å². The summed E-state index contributed by atoms with van der Waals surface area (Å²) in [5.41, 5.74) is 0.505. The summed E-state index contributed by atoms with van der Waals surface area (Å²) in [6.07, 6.45) is 1.59. The maximum atomic E-state index is 11.4. The van der Waals surface area contributed by atoms with E-state index in [-0.39, 0.29) is 5.91 Å². The number of halogens is 1. The molecule has 0 aromatic carbocycles. The van der Waals surface area contributed by atoms with Crippen LogP contribution < -0.4 is 5.32 Å². The lowest BCUT2D eigenvalue weighted by atomic mass is 10.2. The third-order valence-corrected chi connectivity index (χ3v) is 1.78. The molecular formula is C9H13ClN2O. The Bertz CT molecular complexity index is 294. The van der Waals surface area contributed by atoms with E-state index in [4.69, 9.17) is 11.6 Å². The first kappa shape index (κ1) is 10.1. The first-order valence-electron chi connectivity index (χ1n) is 4.21. The van der Waals surface area contributed by atoms with Gasteiger partial charge in [-0.3, -0.25) is 4.79 Å². The number of hydrogen-bond acceptors (Lipinski definition) is 1. The molecule has 0 radical (unpaired) electrons. The zero-order valence-corrected chi connectivity index (χ0v) is 8.48. The largest absolute Gasteiger partial charge is 0.356 e. The molecule has 0 spiro atoms. The second-order valence-electron chi connectivity index (χ2n) is 3.34. The number of hydrogen-bond donors (Lipinski definition) is 2. The van der Waals surface area contributed by atoms with Crippen molar-refractivity contribution in [3.8, 4) is 0 Å². The van der Waals surface area contributed by atoms with Crippen LogP contribution in [0.1, 0.15) is 24.3 Å². The van der Waals surface area contributed by atoms with Gasteiger partial charge in [0.1, 0.15) is 5.69 Å². The van der Waals surface area contributed by atoms with Gasteiger partial charge < -0.3 is 10.3 Å². The number of carbonyl (C=O) groups excluding carboxylic acids is 1. The average molecular weight is 201 g/mol. The molecule has 72 valence electrons.